The number of nitrogens with zero attached hydrogens (tertiary/aromatic N) is 1. The zero-order chi connectivity index (χ0) is 21.7. The van der Waals surface area contributed by atoms with Crippen LogP contribution in [0.15, 0.2) is 15.3 Å². The van der Waals surface area contributed by atoms with Crippen LogP contribution in [-0.4, -0.2) is 48.8 Å². The standard InChI is InChI=1S/C23H29NO6/c1-15-17(9-8-16(26)7-6-12-24-10-4-3-5-11-24)23(28)30-22-18(14-25)19(27)13-20(29-2)21(15)22/h13-14,27H,3-12H2,1-2H3. The van der Waals surface area contributed by atoms with Gasteiger partial charge in [0.15, 0.2) is 11.9 Å². The number of benzene rings is 1. The molecule has 3 rings (SSSR count). The average molecular weight is 415 g/mol. The number of methoxy groups -OCH3 is 1. The molecule has 7 heteroatoms. The van der Waals surface area contributed by atoms with E-state index in [0.717, 1.165) is 26.1 Å². The maximum Gasteiger partial charge on any atom is 0.339 e. The van der Waals surface area contributed by atoms with Crippen LogP contribution < -0.4 is 10.4 Å². The Morgan fingerprint density at radius 2 is 2.00 bits per heavy atom. The molecule has 0 unspecified atom stereocenters. The molecule has 0 spiro atoms. The molecule has 1 fully saturated rings. The molecule has 0 amide bonds. The number of likely N-dealkylation sites (tertiary alicyclic amines) is 1. The number of carbonyl (C=O) groups is 2. The van der Waals surface area contributed by atoms with Crippen LogP contribution in [0, 0.1) is 6.92 Å². The normalized spacial score (nSPS) is 14.7. The molecule has 0 saturated carbocycles. The first-order valence-corrected chi connectivity index (χ1v) is 10.5. The number of phenols is 1. The Balaban J connectivity index is 1.73. The second-order valence-electron chi connectivity index (χ2n) is 7.87. The Labute approximate surface area is 175 Å². The molecule has 0 radical (unpaired) electrons. The lowest BCUT2D eigenvalue weighted by atomic mass is 9.98. The van der Waals surface area contributed by atoms with Gasteiger partial charge >= 0.3 is 5.63 Å². The number of fused-ring (bicyclic) bond motifs is 1. The van der Waals surface area contributed by atoms with Crippen molar-refractivity contribution in [2.24, 2.45) is 0 Å². The highest BCUT2D eigenvalue weighted by atomic mass is 16.5. The summed E-state index contributed by atoms with van der Waals surface area (Å²) in [4.78, 5) is 38.7. The summed E-state index contributed by atoms with van der Waals surface area (Å²) in [6, 6.07) is 1.33. The Morgan fingerprint density at radius 1 is 1.27 bits per heavy atom. The van der Waals surface area contributed by atoms with E-state index in [1.54, 1.807) is 6.92 Å². The summed E-state index contributed by atoms with van der Waals surface area (Å²) in [5.41, 5.74) is 0.305. The van der Waals surface area contributed by atoms with Gasteiger partial charge in [0.05, 0.1) is 18.1 Å². The van der Waals surface area contributed by atoms with E-state index in [4.69, 9.17) is 9.15 Å². The molecule has 1 aromatic heterocycles. The molecular formula is C23H29NO6. The Morgan fingerprint density at radius 3 is 2.67 bits per heavy atom. The SMILES string of the molecule is COc1cc(O)c(C=O)c2oc(=O)c(CCC(=O)CCCN3CCCCC3)c(C)c12. The minimum Gasteiger partial charge on any atom is -0.507 e. The molecule has 0 atom stereocenters. The lowest BCUT2D eigenvalue weighted by Gasteiger charge is -2.26. The average Bonchev–Trinajstić information content (AvgIpc) is 2.73. The van der Waals surface area contributed by atoms with Crippen molar-refractivity contribution in [1.29, 1.82) is 0 Å². The summed E-state index contributed by atoms with van der Waals surface area (Å²) in [7, 11) is 1.44. The van der Waals surface area contributed by atoms with E-state index in [1.165, 1.54) is 32.4 Å². The number of piperidine rings is 1. The second-order valence-corrected chi connectivity index (χ2v) is 7.87. The van der Waals surface area contributed by atoms with E-state index in [9.17, 15) is 19.5 Å². The van der Waals surface area contributed by atoms with Crippen LogP contribution in [0.5, 0.6) is 11.5 Å². The van der Waals surface area contributed by atoms with Gasteiger partial charge in [-0.1, -0.05) is 6.42 Å². The summed E-state index contributed by atoms with van der Waals surface area (Å²) in [5.74, 6) is 0.120. The largest absolute Gasteiger partial charge is 0.507 e. The summed E-state index contributed by atoms with van der Waals surface area (Å²) in [6.45, 7) is 4.92. The molecule has 1 aromatic carbocycles. The lowest BCUT2D eigenvalue weighted by Crippen LogP contribution is -2.30. The number of aldehydes is 1. The monoisotopic (exact) mass is 415 g/mol. The number of rotatable bonds is 9. The van der Waals surface area contributed by atoms with Crippen molar-refractivity contribution in [3.63, 3.8) is 0 Å². The number of aromatic hydroxyl groups is 1. The molecule has 1 N–H and O–H groups in total. The summed E-state index contributed by atoms with van der Waals surface area (Å²) in [5, 5.41) is 10.5. The van der Waals surface area contributed by atoms with Crippen LogP contribution in [0.25, 0.3) is 11.0 Å². The molecule has 1 saturated heterocycles. The number of hydrogen-bond acceptors (Lipinski definition) is 7. The van der Waals surface area contributed by atoms with Gasteiger partial charge in [-0.2, -0.15) is 0 Å². The molecule has 30 heavy (non-hydrogen) atoms. The molecule has 162 valence electrons. The van der Waals surface area contributed by atoms with Gasteiger partial charge in [-0.15, -0.1) is 0 Å². The minimum absolute atomic E-state index is 0.000887. The van der Waals surface area contributed by atoms with Crippen molar-refractivity contribution < 1.29 is 23.8 Å². The van der Waals surface area contributed by atoms with Crippen molar-refractivity contribution in [2.45, 2.75) is 51.9 Å². The summed E-state index contributed by atoms with van der Waals surface area (Å²) < 4.78 is 10.7. The molecular weight excluding hydrogens is 386 g/mol. The van der Waals surface area contributed by atoms with Crippen LogP contribution in [0.1, 0.15) is 60.0 Å². The van der Waals surface area contributed by atoms with Crippen LogP contribution in [0.2, 0.25) is 0 Å². The number of phenolic OH excluding ortho intramolecular Hbond substituents is 1. The van der Waals surface area contributed by atoms with Crippen molar-refractivity contribution in [2.75, 3.05) is 26.7 Å². The van der Waals surface area contributed by atoms with Gasteiger partial charge in [-0.3, -0.25) is 9.59 Å². The topological polar surface area (TPSA) is 97.0 Å². The Kier molecular flexibility index (Phi) is 7.26. The van der Waals surface area contributed by atoms with Crippen LogP contribution in [-0.2, 0) is 11.2 Å². The summed E-state index contributed by atoms with van der Waals surface area (Å²) >= 11 is 0. The van der Waals surface area contributed by atoms with Gasteiger partial charge in [0.25, 0.3) is 0 Å². The first-order chi connectivity index (χ1) is 14.5. The predicted molar refractivity (Wildman–Crippen MR) is 114 cm³/mol. The van der Waals surface area contributed by atoms with Gasteiger partial charge in [0.1, 0.15) is 17.3 Å². The first kappa shape index (κ1) is 22.0. The highest BCUT2D eigenvalue weighted by molar-refractivity contribution is 6.01. The van der Waals surface area contributed by atoms with E-state index in [1.807, 2.05) is 0 Å². The summed E-state index contributed by atoms with van der Waals surface area (Å²) in [6.07, 6.45) is 6.08. The van der Waals surface area contributed by atoms with E-state index in [2.05, 4.69) is 4.90 Å². The molecule has 2 aromatic rings. The maximum atomic E-state index is 12.5. The first-order valence-electron chi connectivity index (χ1n) is 10.5. The quantitative estimate of drug-likeness (QED) is 0.495. The maximum absolute atomic E-state index is 12.5. The van der Waals surface area contributed by atoms with E-state index in [0.29, 0.717) is 35.0 Å². The van der Waals surface area contributed by atoms with Crippen molar-refractivity contribution in [1.82, 2.24) is 4.90 Å². The highest BCUT2D eigenvalue weighted by Gasteiger charge is 2.21. The molecule has 1 aliphatic rings. The molecule has 0 aliphatic carbocycles. The zero-order valence-electron chi connectivity index (χ0n) is 17.7. The van der Waals surface area contributed by atoms with Crippen LogP contribution in [0.3, 0.4) is 0 Å². The van der Waals surface area contributed by atoms with Crippen LogP contribution in [0.4, 0.5) is 0 Å². The second kappa shape index (κ2) is 9.89. The third kappa shape index (κ3) is 4.73. The highest BCUT2D eigenvalue weighted by Crippen LogP contribution is 2.36. The minimum atomic E-state index is -0.600. The molecule has 0 bridgehead atoms. The van der Waals surface area contributed by atoms with Crippen molar-refractivity contribution in [3.8, 4) is 11.5 Å². The van der Waals surface area contributed by atoms with Gasteiger partial charge < -0.3 is 19.2 Å². The van der Waals surface area contributed by atoms with Gasteiger partial charge in [0.2, 0.25) is 0 Å². The fraction of sp³-hybridized carbons (Fsp3) is 0.522. The van der Waals surface area contributed by atoms with Gasteiger partial charge in [-0.25, -0.2) is 4.79 Å². The Hall–Kier alpha value is -2.67. The lowest BCUT2D eigenvalue weighted by molar-refractivity contribution is -0.119. The van der Waals surface area contributed by atoms with Crippen molar-refractivity contribution >= 4 is 23.0 Å². The number of hydrogen-bond donors (Lipinski definition) is 1. The van der Waals surface area contributed by atoms with E-state index in [-0.39, 0.29) is 35.5 Å². The van der Waals surface area contributed by atoms with Gasteiger partial charge in [-0.05, 0) is 57.8 Å². The fourth-order valence-electron chi connectivity index (χ4n) is 4.19. The number of aryl methyl sites for hydroxylation is 1. The van der Waals surface area contributed by atoms with E-state index >= 15 is 0 Å². The smallest absolute Gasteiger partial charge is 0.339 e. The zero-order valence-corrected chi connectivity index (χ0v) is 17.7. The molecule has 1 aliphatic heterocycles. The fourth-order valence-corrected chi connectivity index (χ4v) is 4.19. The van der Waals surface area contributed by atoms with Crippen molar-refractivity contribution in [3.05, 3.63) is 33.2 Å². The van der Waals surface area contributed by atoms with E-state index < -0.39 is 5.63 Å². The Bertz CT molecular complexity index is 988. The third-order valence-corrected chi connectivity index (χ3v) is 5.90. The number of ketones is 1. The molecule has 7 nitrogen and oxygen atoms in total. The number of ether oxygens (including phenoxy) is 1. The predicted octanol–water partition coefficient (Wildman–Crippen LogP) is 3.40. The van der Waals surface area contributed by atoms with Gasteiger partial charge in [0, 0.05) is 24.5 Å². The molecule has 2 heterocycles. The van der Waals surface area contributed by atoms with Crippen LogP contribution >= 0.6 is 0 Å². The number of carbonyl (C=O) groups excluding carboxylic acids is 2. The third-order valence-electron chi connectivity index (χ3n) is 5.90. The number of Topliss-reactive ketones (excluding diaryl/α,β-unsaturated/α-hetero) is 1.